The maximum Gasteiger partial charge on any atom is 0.167 e. The van der Waals surface area contributed by atoms with Crippen LogP contribution < -0.4 is 10.1 Å². The van der Waals surface area contributed by atoms with Crippen LogP contribution in [0.2, 0.25) is 0 Å². The first-order chi connectivity index (χ1) is 7.17. The molecular weight excluding hydrogens is 240 g/mol. The lowest BCUT2D eigenvalue weighted by atomic mass is 10.3. The normalized spacial score (nSPS) is 11.3. The molecule has 5 heteroatoms. The zero-order chi connectivity index (χ0) is 11.3. The van der Waals surface area contributed by atoms with E-state index in [4.69, 9.17) is 27.9 Å². The van der Waals surface area contributed by atoms with Crippen LogP contribution in [0.3, 0.4) is 0 Å². The summed E-state index contributed by atoms with van der Waals surface area (Å²) in [7, 11) is 1.42. The molecule has 0 aromatic heterocycles. The van der Waals surface area contributed by atoms with E-state index in [1.165, 1.54) is 24.8 Å². The Hall–Kier alpha value is -0.930. The number of rotatable bonds is 4. The number of halogens is 3. The van der Waals surface area contributed by atoms with Crippen LogP contribution in [-0.2, 0) is 0 Å². The summed E-state index contributed by atoms with van der Waals surface area (Å²) in [6.07, 6.45) is 0. The predicted octanol–water partition coefficient (Wildman–Crippen LogP) is 3.57. The molecule has 1 aromatic rings. The highest BCUT2D eigenvalue weighted by molar-refractivity contribution is 6.36. The molecule has 0 heterocycles. The Kier molecular flexibility index (Phi) is 4.72. The molecule has 0 atom stereocenters. The molecule has 0 fully saturated rings. The van der Waals surface area contributed by atoms with Crippen molar-refractivity contribution in [2.24, 2.45) is 0 Å². The summed E-state index contributed by atoms with van der Waals surface area (Å²) in [6.45, 7) is 0.358. The van der Waals surface area contributed by atoms with Crippen molar-refractivity contribution in [1.82, 2.24) is 0 Å². The highest BCUT2D eigenvalue weighted by Gasteiger charge is 2.02. The van der Waals surface area contributed by atoms with E-state index in [2.05, 4.69) is 5.32 Å². The molecule has 0 spiro atoms. The minimum Gasteiger partial charge on any atom is -0.494 e. The Morgan fingerprint density at radius 3 is 2.87 bits per heavy atom. The van der Waals surface area contributed by atoms with Gasteiger partial charge in [0.25, 0.3) is 0 Å². The second-order valence-electron chi connectivity index (χ2n) is 2.76. The van der Waals surface area contributed by atoms with Crippen LogP contribution in [0.25, 0.3) is 0 Å². The number of methoxy groups -OCH3 is 1. The maximum absolute atomic E-state index is 13.2. The third-order valence-electron chi connectivity index (χ3n) is 1.73. The first kappa shape index (κ1) is 12.1. The zero-order valence-corrected chi connectivity index (χ0v) is 9.57. The minimum atomic E-state index is -0.423. The SMILES string of the molecule is COc1ccc(NCC(Cl)=CCl)cc1F. The smallest absolute Gasteiger partial charge is 0.167 e. The van der Waals surface area contributed by atoms with Crippen molar-refractivity contribution in [2.45, 2.75) is 0 Å². The third kappa shape index (κ3) is 3.61. The van der Waals surface area contributed by atoms with Gasteiger partial charge in [0.15, 0.2) is 11.6 Å². The molecule has 15 heavy (non-hydrogen) atoms. The number of hydrogen-bond acceptors (Lipinski definition) is 2. The van der Waals surface area contributed by atoms with Crippen LogP contribution in [0.5, 0.6) is 5.75 Å². The summed E-state index contributed by atoms with van der Waals surface area (Å²) < 4.78 is 18.0. The van der Waals surface area contributed by atoms with E-state index in [-0.39, 0.29) is 5.75 Å². The zero-order valence-electron chi connectivity index (χ0n) is 8.06. The van der Waals surface area contributed by atoms with E-state index in [1.807, 2.05) is 0 Å². The van der Waals surface area contributed by atoms with Crippen LogP contribution in [0.4, 0.5) is 10.1 Å². The fraction of sp³-hybridized carbons (Fsp3) is 0.200. The first-order valence-corrected chi connectivity index (χ1v) is 5.01. The van der Waals surface area contributed by atoms with E-state index < -0.39 is 5.82 Å². The first-order valence-electron chi connectivity index (χ1n) is 4.19. The highest BCUT2D eigenvalue weighted by atomic mass is 35.5. The van der Waals surface area contributed by atoms with Crippen molar-refractivity contribution in [3.05, 3.63) is 34.6 Å². The molecule has 0 bridgehead atoms. The van der Waals surface area contributed by atoms with Crippen molar-refractivity contribution >= 4 is 28.9 Å². The van der Waals surface area contributed by atoms with Crippen molar-refractivity contribution in [3.8, 4) is 5.75 Å². The molecule has 0 radical (unpaired) electrons. The van der Waals surface area contributed by atoms with Crippen LogP contribution in [0, 0.1) is 5.82 Å². The summed E-state index contributed by atoms with van der Waals surface area (Å²) in [5.41, 5.74) is 1.87. The molecule has 0 aliphatic rings. The predicted molar refractivity (Wildman–Crippen MR) is 61.2 cm³/mol. The van der Waals surface area contributed by atoms with Gasteiger partial charge in [0.05, 0.1) is 13.7 Å². The fourth-order valence-corrected chi connectivity index (χ4v) is 1.15. The van der Waals surface area contributed by atoms with Gasteiger partial charge in [0.1, 0.15) is 0 Å². The maximum atomic E-state index is 13.2. The third-order valence-corrected chi connectivity index (χ3v) is 2.35. The monoisotopic (exact) mass is 249 g/mol. The standard InChI is InChI=1S/C10H10Cl2FNO/c1-15-10-3-2-8(4-9(10)13)14-6-7(12)5-11/h2-5,14H,6H2,1H3. The molecule has 82 valence electrons. The quantitative estimate of drug-likeness (QED) is 0.881. The molecule has 0 aliphatic carbocycles. The number of anilines is 1. The summed E-state index contributed by atoms with van der Waals surface area (Å²) >= 11 is 11.0. The van der Waals surface area contributed by atoms with E-state index >= 15 is 0 Å². The van der Waals surface area contributed by atoms with Crippen molar-refractivity contribution in [1.29, 1.82) is 0 Å². The summed E-state index contributed by atoms with van der Waals surface area (Å²) in [5.74, 6) is -0.215. The van der Waals surface area contributed by atoms with Gasteiger partial charge in [-0.3, -0.25) is 0 Å². The van der Waals surface area contributed by atoms with Gasteiger partial charge in [-0.2, -0.15) is 0 Å². The van der Waals surface area contributed by atoms with Gasteiger partial charge in [-0.1, -0.05) is 23.2 Å². The van der Waals surface area contributed by atoms with Gasteiger partial charge in [-0.15, -0.1) is 0 Å². The lowest BCUT2D eigenvalue weighted by Gasteiger charge is -2.07. The van der Waals surface area contributed by atoms with Gasteiger partial charge >= 0.3 is 0 Å². The Bertz CT molecular complexity index is 368. The number of benzene rings is 1. The van der Waals surface area contributed by atoms with E-state index in [9.17, 15) is 4.39 Å². The average molecular weight is 250 g/mol. The lowest BCUT2D eigenvalue weighted by Crippen LogP contribution is -2.01. The number of ether oxygens (including phenoxy) is 1. The molecule has 0 amide bonds. The van der Waals surface area contributed by atoms with Gasteiger partial charge in [0, 0.05) is 22.3 Å². The minimum absolute atomic E-state index is 0.208. The van der Waals surface area contributed by atoms with Crippen molar-refractivity contribution in [3.63, 3.8) is 0 Å². The molecule has 2 nitrogen and oxygen atoms in total. The van der Waals surface area contributed by atoms with Crippen LogP contribution in [0.15, 0.2) is 28.8 Å². The average Bonchev–Trinajstić information content (AvgIpc) is 2.26. The summed E-state index contributed by atoms with van der Waals surface area (Å²) in [6, 6.07) is 4.56. The molecule has 0 unspecified atom stereocenters. The van der Waals surface area contributed by atoms with Crippen LogP contribution in [0.1, 0.15) is 0 Å². The second kappa shape index (κ2) is 5.83. The van der Waals surface area contributed by atoms with E-state index in [1.54, 1.807) is 6.07 Å². The van der Waals surface area contributed by atoms with Gasteiger partial charge < -0.3 is 10.1 Å². The van der Waals surface area contributed by atoms with Crippen molar-refractivity contribution in [2.75, 3.05) is 19.0 Å². The molecule has 1 rings (SSSR count). The molecule has 1 aromatic carbocycles. The van der Waals surface area contributed by atoms with Crippen LogP contribution in [-0.4, -0.2) is 13.7 Å². The fourth-order valence-electron chi connectivity index (χ4n) is 1.00. The Morgan fingerprint density at radius 1 is 1.60 bits per heavy atom. The molecular formula is C10H10Cl2FNO. The Morgan fingerprint density at radius 2 is 2.33 bits per heavy atom. The van der Waals surface area contributed by atoms with Gasteiger partial charge in [0.2, 0.25) is 0 Å². The molecule has 0 saturated heterocycles. The Balaban J connectivity index is 2.67. The van der Waals surface area contributed by atoms with E-state index in [0.29, 0.717) is 17.3 Å². The highest BCUT2D eigenvalue weighted by Crippen LogP contribution is 2.20. The Labute approximate surface area is 97.6 Å². The number of hydrogen-bond donors (Lipinski definition) is 1. The summed E-state index contributed by atoms with van der Waals surface area (Å²) in [5, 5.41) is 3.36. The second-order valence-corrected chi connectivity index (χ2v) is 3.46. The van der Waals surface area contributed by atoms with Crippen molar-refractivity contribution < 1.29 is 9.13 Å². The largest absolute Gasteiger partial charge is 0.494 e. The molecule has 0 saturated carbocycles. The molecule has 0 aliphatic heterocycles. The topological polar surface area (TPSA) is 21.3 Å². The van der Waals surface area contributed by atoms with Gasteiger partial charge in [-0.05, 0) is 12.1 Å². The molecule has 1 N–H and O–H groups in total. The van der Waals surface area contributed by atoms with Crippen LogP contribution >= 0.6 is 23.2 Å². The number of nitrogens with one attached hydrogen (secondary N) is 1. The van der Waals surface area contributed by atoms with Gasteiger partial charge in [-0.25, -0.2) is 4.39 Å². The summed E-state index contributed by atoms with van der Waals surface area (Å²) in [4.78, 5) is 0. The van der Waals surface area contributed by atoms with E-state index in [0.717, 1.165) is 0 Å². The lowest BCUT2D eigenvalue weighted by molar-refractivity contribution is 0.386.